The van der Waals surface area contributed by atoms with Gasteiger partial charge in [0.2, 0.25) is 5.88 Å². The van der Waals surface area contributed by atoms with Crippen LogP contribution in [0.5, 0.6) is 5.88 Å². The predicted molar refractivity (Wildman–Crippen MR) is 76.5 cm³/mol. The lowest BCUT2D eigenvalue weighted by Gasteiger charge is -2.10. The summed E-state index contributed by atoms with van der Waals surface area (Å²) in [7, 11) is 0. The molecule has 2 aromatic rings. The van der Waals surface area contributed by atoms with Gasteiger partial charge in [0, 0.05) is 18.7 Å². The minimum atomic E-state index is -4.52. The highest BCUT2D eigenvalue weighted by atomic mass is 32.2. The fourth-order valence-corrected chi connectivity index (χ4v) is 3.21. The van der Waals surface area contributed by atoms with Gasteiger partial charge in [-0.25, -0.2) is 4.98 Å². The van der Waals surface area contributed by atoms with Crippen molar-refractivity contribution in [2.24, 2.45) is 0 Å². The molecule has 10 heteroatoms. The van der Waals surface area contributed by atoms with Gasteiger partial charge < -0.3 is 14.3 Å². The molecule has 3 heterocycles. The van der Waals surface area contributed by atoms with Crippen molar-refractivity contribution in [3.05, 3.63) is 33.6 Å². The van der Waals surface area contributed by atoms with E-state index in [0.717, 1.165) is 11.8 Å². The summed E-state index contributed by atoms with van der Waals surface area (Å²) in [5, 5.41) is 0.229. The molecule has 0 atom stereocenters. The maximum atomic E-state index is 13.0. The minimum Gasteiger partial charge on any atom is -0.477 e. The zero-order chi connectivity index (χ0) is 16.6. The molecule has 0 unspecified atom stereocenters. The highest BCUT2D eigenvalue weighted by Gasteiger charge is 2.37. The Kier molecular flexibility index (Phi) is 4.09. The largest absolute Gasteiger partial charge is 0.477 e. The summed E-state index contributed by atoms with van der Waals surface area (Å²) >= 11 is 1.01. The number of aromatic amines is 1. The zero-order valence-corrected chi connectivity index (χ0v) is 12.9. The maximum absolute atomic E-state index is 13.0. The van der Waals surface area contributed by atoms with Crippen molar-refractivity contribution in [3.63, 3.8) is 0 Å². The van der Waals surface area contributed by atoms with Crippen LogP contribution in [0.2, 0.25) is 0 Å². The van der Waals surface area contributed by atoms with E-state index in [-0.39, 0.29) is 28.0 Å². The summed E-state index contributed by atoms with van der Waals surface area (Å²) in [6.45, 7) is 2.50. The van der Waals surface area contributed by atoms with Gasteiger partial charge in [0.25, 0.3) is 5.56 Å². The first kappa shape index (κ1) is 15.9. The number of imidazole rings is 1. The predicted octanol–water partition coefficient (Wildman–Crippen LogP) is 2.23. The van der Waals surface area contributed by atoms with Crippen LogP contribution in [0.3, 0.4) is 0 Å². The molecule has 0 radical (unpaired) electrons. The molecule has 0 aliphatic carbocycles. The molecule has 0 amide bonds. The summed E-state index contributed by atoms with van der Waals surface area (Å²) in [5.74, 6) is 0.251. The van der Waals surface area contributed by atoms with E-state index < -0.39 is 11.9 Å². The van der Waals surface area contributed by atoms with Crippen LogP contribution in [0.4, 0.5) is 13.2 Å². The number of ether oxygens (including phenoxy) is 1. The molecular weight excluding hydrogens is 333 g/mol. The molecule has 0 aromatic carbocycles. The fraction of sp³-hybridized carbons (Fsp3) is 0.462. The number of alkyl halides is 3. The number of halogens is 3. The van der Waals surface area contributed by atoms with Crippen LogP contribution in [0.1, 0.15) is 23.9 Å². The third-order valence-electron chi connectivity index (χ3n) is 3.45. The third-order valence-corrected chi connectivity index (χ3v) is 4.33. The fourth-order valence-electron chi connectivity index (χ4n) is 2.32. The standard InChI is InChI=1S/C13H13F3N4O2S/c1-2-20-6-17-9(13(14,15)16)8(20)5-23-12-18-10(21)7-3-4-22-11(7)19-12/h6H,2-5H2,1H3,(H,18,19,21). The quantitative estimate of drug-likeness (QED) is 0.679. The first-order chi connectivity index (χ1) is 10.9. The van der Waals surface area contributed by atoms with Crippen molar-refractivity contribution in [2.75, 3.05) is 6.61 Å². The molecule has 0 bridgehead atoms. The minimum absolute atomic E-state index is 0.00951. The van der Waals surface area contributed by atoms with Gasteiger partial charge >= 0.3 is 6.18 Å². The van der Waals surface area contributed by atoms with Crippen LogP contribution in [0, 0.1) is 0 Å². The molecule has 0 fully saturated rings. The van der Waals surface area contributed by atoms with Crippen molar-refractivity contribution in [3.8, 4) is 5.88 Å². The Hall–Kier alpha value is -1.97. The Bertz CT molecular complexity index is 785. The van der Waals surface area contributed by atoms with E-state index in [4.69, 9.17) is 4.74 Å². The number of hydrogen-bond acceptors (Lipinski definition) is 5. The summed E-state index contributed by atoms with van der Waals surface area (Å²) in [5.41, 5.74) is -0.695. The molecule has 6 nitrogen and oxygen atoms in total. The Balaban J connectivity index is 1.85. The molecule has 0 saturated carbocycles. The van der Waals surface area contributed by atoms with Gasteiger partial charge in [0.1, 0.15) is 0 Å². The average molecular weight is 346 g/mol. The number of aryl methyl sites for hydroxylation is 1. The molecule has 1 aliphatic rings. The Morgan fingerprint density at radius 2 is 2.26 bits per heavy atom. The second-order valence-corrected chi connectivity index (χ2v) is 5.83. The Morgan fingerprint density at radius 1 is 1.48 bits per heavy atom. The Morgan fingerprint density at radius 3 is 2.96 bits per heavy atom. The van der Waals surface area contributed by atoms with Gasteiger partial charge in [-0.1, -0.05) is 11.8 Å². The number of aromatic nitrogens is 4. The topological polar surface area (TPSA) is 72.8 Å². The van der Waals surface area contributed by atoms with E-state index in [1.165, 1.54) is 10.9 Å². The van der Waals surface area contributed by atoms with Crippen molar-refractivity contribution in [2.45, 2.75) is 37.0 Å². The third kappa shape index (κ3) is 3.07. The van der Waals surface area contributed by atoms with Crippen LogP contribution in [-0.4, -0.2) is 26.1 Å². The molecule has 2 aromatic heterocycles. The van der Waals surface area contributed by atoms with E-state index in [9.17, 15) is 18.0 Å². The molecule has 124 valence electrons. The lowest BCUT2D eigenvalue weighted by molar-refractivity contribution is -0.141. The molecule has 1 aliphatic heterocycles. The summed E-state index contributed by atoms with van der Waals surface area (Å²) in [4.78, 5) is 22.0. The Labute approximate surface area is 133 Å². The molecular formula is C13H13F3N4O2S. The normalized spacial score (nSPS) is 13.9. The van der Waals surface area contributed by atoms with E-state index in [1.54, 1.807) is 6.92 Å². The van der Waals surface area contributed by atoms with Gasteiger partial charge in [-0.05, 0) is 6.92 Å². The van der Waals surface area contributed by atoms with Gasteiger partial charge in [-0.3, -0.25) is 4.79 Å². The summed E-state index contributed by atoms with van der Waals surface area (Å²) in [6, 6.07) is 0. The molecule has 3 rings (SSSR count). The van der Waals surface area contributed by atoms with Gasteiger partial charge in [-0.15, -0.1) is 0 Å². The lowest BCUT2D eigenvalue weighted by atomic mass is 10.3. The smallest absolute Gasteiger partial charge is 0.435 e. The van der Waals surface area contributed by atoms with E-state index in [0.29, 0.717) is 25.1 Å². The SMILES string of the molecule is CCn1cnc(C(F)(F)F)c1CSc1nc2c(c(=O)[nH]1)CCO2. The number of H-pyrrole nitrogens is 1. The summed E-state index contributed by atoms with van der Waals surface area (Å²) in [6.07, 6.45) is -2.86. The first-order valence-electron chi connectivity index (χ1n) is 6.90. The van der Waals surface area contributed by atoms with Crippen molar-refractivity contribution < 1.29 is 17.9 Å². The number of hydrogen-bond donors (Lipinski definition) is 1. The second kappa shape index (κ2) is 5.91. The van der Waals surface area contributed by atoms with Gasteiger partial charge in [0.05, 0.1) is 24.2 Å². The summed E-state index contributed by atoms with van der Waals surface area (Å²) < 4.78 is 45.6. The number of thioether (sulfide) groups is 1. The van der Waals surface area contributed by atoms with Crippen LogP contribution < -0.4 is 10.3 Å². The average Bonchev–Trinajstić information content (AvgIpc) is 3.10. The van der Waals surface area contributed by atoms with E-state index in [2.05, 4.69) is 15.0 Å². The second-order valence-electron chi connectivity index (χ2n) is 4.87. The number of fused-ring (bicyclic) bond motifs is 1. The molecule has 1 N–H and O–H groups in total. The van der Waals surface area contributed by atoms with Crippen molar-refractivity contribution in [1.82, 2.24) is 19.5 Å². The van der Waals surface area contributed by atoms with Crippen molar-refractivity contribution in [1.29, 1.82) is 0 Å². The monoisotopic (exact) mass is 346 g/mol. The molecule has 23 heavy (non-hydrogen) atoms. The van der Waals surface area contributed by atoms with Gasteiger partial charge in [0.15, 0.2) is 10.9 Å². The molecule has 0 spiro atoms. The number of nitrogens with one attached hydrogen (secondary N) is 1. The highest BCUT2D eigenvalue weighted by molar-refractivity contribution is 7.98. The van der Waals surface area contributed by atoms with Gasteiger partial charge in [-0.2, -0.15) is 18.2 Å². The first-order valence-corrected chi connectivity index (χ1v) is 7.88. The highest BCUT2D eigenvalue weighted by Crippen LogP contribution is 2.33. The van der Waals surface area contributed by atoms with Crippen LogP contribution >= 0.6 is 11.8 Å². The zero-order valence-electron chi connectivity index (χ0n) is 12.1. The maximum Gasteiger partial charge on any atom is 0.435 e. The van der Waals surface area contributed by atoms with Crippen LogP contribution in [0.25, 0.3) is 0 Å². The van der Waals surface area contributed by atoms with Crippen LogP contribution in [-0.2, 0) is 24.9 Å². The lowest BCUT2D eigenvalue weighted by Crippen LogP contribution is -2.13. The number of rotatable bonds is 4. The van der Waals surface area contributed by atoms with Crippen LogP contribution in [0.15, 0.2) is 16.3 Å². The number of nitrogens with zero attached hydrogens (tertiary/aromatic N) is 3. The van der Waals surface area contributed by atoms with Crippen molar-refractivity contribution >= 4 is 11.8 Å². The van der Waals surface area contributed by atoms with E-state index in [1.807, 2.05) is 0 Å². The molecule has 0 saturated heterocycles. The van der Waals surface area contributed by atoms with E-state index >= 15 is 0 Å².